The maximum atomic E-state index is 5.98. The van der Waals surface area contributed by atoms with Crippen LogP contribution in [-0.2, 0) is 17.8 Å². The second-order valence-corrected chi connectivity index (χ2v) is 7.36. The van der Waals surface area contributed by atoms with Gasteiger partial charge in [-0.25, -0.2) is 0 Å². The standard InChI is InChI=1S/C22H33N5O.HI/c1-23-22(24-12-7-15-28-21-10-3-2-4-11-21)25-17-19-8-5-9-20(16-19)18-27-14-6-13-26-27;/h5-6,8-9,13-14,16,21H,2-4,7,10-12,15,17-18H2,1H3,(H2,23,24,25);1H. The highest BCUT2D eigenvalue weighted by molar-refractivity contribution is 14.0. The summed E-state index contributed by atoms with van der Waals surface area (Å²) in [6.45, 7) is 3.22. The highest BCUT2D eigenvalue weighted by Gasteiger charge is 2.12. The van der Waals surface area contributed by atoms with Gasteiger partial charge >= 0.3 is 0 Å². The molecule has 1 aromatic heterocycles. The van der Waals surface area contributed by atoms with Gasteiger partial charge in [0, 0.05) is 39.1 Å². The molecule has 7 heteroatoms. The van der Waals surface area contributed by atoms with E-state index < -0.39 is 0 Å². The molecule has 160 valence electrons. The average Bonchev–Trinajstić information content (AvgIpc) is 3.24. The van der Waals surface area contributed by atoms with Gasteiger partial charge in [0.25, 0.3) is 0 Å². The highest BCUT2D eigenvalue weighted by Crippen LogP contribution is 2.20. The fourth-order valence-electron chi connectivity index (χ4n) is 3.59. The van der Waals surface area contributed by atoms with Crippen molar-refractivity contribution in [2.45, 2.75) is 57.7 Å². The Morgan fingerprint density at radius 2 is 2.00 bits per heavy atom. The van der Waals surface area contributed by atoms with Crippen LogP contribution in [0.15, 0.2) is 47.7 Å². The smallest absolute Gasteiger partial charge is 0.191 e. The topological polar surface area (TPSA) is 63.5 Å². The summed E-state index contributed by atoms with van der Waals surface area (Å²) < 4.78 is 7.91. The number of guanidine groups is 1. The number of ether oxygens (including phenoxy) is 1. The minimum atomic E-state index is 0. The number of hydrogen-bond acceptors (Lipinski definition) is 3. The Morgan fingerprint density at radius 3 is 2.76 bits per heavy atom. The molecule has 0 aliphatic heterocycles. The van der Waals surface area contributed by atoms with Crippen LogP contribution in [0.5, 0.6) is 0 Å². The van der Waals surface area contributed by atoms with Crippen LogP contribution in [0.1, 0.15) is 49.7 Å². The molecule has 3 rings (SSSR count). The summed E-state index contributed by atoms with van der Waals surface area (Å²) in [6, 6.07) is 10.5. The number of nitrogens with one attached hydrogen (secondary N) is 2. The fraction of sp³-hybridized carbons (Fsp3) is 0.545. The van der Waals surface area contributed by atoms with E-state index in [2.05, 4.69) is 45.0 Å². The Kier molecular flexibility index (Phi) is 11.1. The molecule has 0 radical (unpaired) electrons. The lowest BCUT2D eigenvalue weighted by atomic mass is 9.98. The maximum Gasteiger partial charge on any atom is 0.191 e. The van der Waals surface area contributed by atoms with Crippen molar-refractivity contribution in [3.8, 4) is 0 Å². The molecule has 2 aromatic rings. The van der Waals surface area contributed by atoms with Gasteiger partial charge in [0.2, 0.25) is 0 Å². The molecule has 6 nitrogen and oxygen atoms in total. The molecule has 29 heavy (non-hydrogen) atoms. The molecule has 1 aromatic carbocycles. The lowest BCUT2D eigenvalue weighted by molar-refractivity contribution is 0.0277. The van der Waals surface area contributed by atoms with Crippen molar-refractivity contribution >= 4 is 29.9 Å². The molecule has 0 saturated heterocycles. The minimum absolute atomic E-state index is 0. The summed E-state index contributed by atoms with van der Waals surface area (Å²) in [4.78, 5) is 4.31. The van der Waals surface area contributed by atoms with E-state index in [9.17, 15) is 0 Å². The van der Waals surface area contributed by atoms with Crippen LogP contribution < -0.4 is 10.6 Å². The van der Waals surface area contributed by atoms with Crippen LogP contribution >= 0.6 is 24.0 Å². The molecule has 1 aliphatic carbocycles. The largest absolute Gasteiger partial charge is 0.378 e. The molecule has 0 unspecified atom stereocenters. The number of nitrogens with zero attached hydrogens (tertiary/aromatic N) is 3. The van der Waals surface area contributed by atoms with Crippen LogP contribution in [0, 0.1) is 0 Å². The average molecular weight is 511 g/mol. The summed E-state index contributed by atoms with van der Waals surface area (Å²) in [5.74, 6) is 0.829. The van der Waals surface area contributed by atoms with Crippen LogP contribution in [-0.4, -0.2) is 42.0 Å². The van der Waals surface area contributed by atoms with Gasteiger partial charge in [0.1, 0.15) is 0 Å². The third kappa shape index (κ3) is 8.74. The van der Waals surface area contributed by atoms with E-state index in [4.69, 9.17) is 4.74 Å². The van der Waals surface area contributed by atoms with E-state index in [-0.39, 0.29) is 24.0 Å². The number of benzene rings is 1. The van der Waals surface area contributed by atoms with E-state index in [1.165, 1.54) is 43.2 Å². The lowest BCUT2D eigenvalue weighted by Gasteiger charge is -2.22. The van der Waals surface area contributed by atoms with Crippen LogP contribution in [0.4, 0.5) is 0 Å². The van der Waals surface area contributed by atoms with Gasteiger partial charge < -0.3 is 15.4 Å². The van der Waals surface area contributed by atoms with Crippen molar-refractivity contribution < 1.29 is 4.74 Å². The summed E-state index contributed by atoms with van der Waals surface area (Å²) in [5.41, 5.74) is 2.47. The molecule has 0 amide bonds. The zero-order valence-electron chi connectivity index (χ0n) is 17.3. The van der Waals surface area contributed by atoms with Gasteiger partial charge in [0.05, 0.1) is 12.6 Å². The predicted molar refractivity (Wildman–Crippen MR) is 129 cm³/mol. The molecular weight excluding hydrogens is 477 g/mol. The predicted octanol–water partition coefficient (Wildman–Crippen LogP) is 3.95. The molecule has 2 N–H and O–H groups in total. The Balaban J connectivity index is 0.00000300. The van der Waals surface area contributed by atoms with Gasteiger partial charge in [0.15, 0.2) is 5.96 Å². The van der Waals surface area contributed by atoms with Crippen molar-refractivity contribution in [2.24, 2.45) is 4.99 Å². The monoisotopic (exact) mass is 511 g/mol. The van der Waals surface area contributed by atoms with E-state index in [1.807, 2.05) is 24.0 Å². The maximum absolute atomic E-state index is 5.98. The Bertz CT molecular complexity index is 714. The van der Waals surface area contributed by atoms with Crippen molar-refractivity contribution in [3.05, 3.63) is 53.9 Å². The van der Waals surface area contributed by atoms with Gasteiger partial charge in [-0.2, -0.15) is 5.10 Å². The van der Waals surface area contributed by atoms with Gasteiger partial charge in [-0.3, -0.25) is 9.67 Å². The molecule has 1 saturated carbocycles. The van der Waals surface area contributed by atoms with Crippen LogP contribution in [0.3, 0.4) is 0 Å². The van der Waals surface area contributed by atoms with Crippen molar-refractivity contribution in [1.82, 2.24) is 20.4 Å². The molecule has 0 bridgehead atoms. The van der Waals surface area contributed by atoms with E-state index >= 15 is 0 Å². The molecule has 0 atom stereocenters. The van der Waals surface area contributed by atoms with E-state index in [0.29, 0.717) is 6.10 Å². The quantitative estimate of drug-likeness (QED) is 0.232. The Morgan fingerprint density at radius 1 is 1.17 bits per heavy atom. The van der Waals surface area contributed by atoms with Crippen molar-refractivity contribution in [3.63, 3.8) is 0 Å². The van der Waals surface area contributed by atoms with Crippen LogP contribution in [0.2, 0.25) is 0 Å². The first-order valence-corrected chi connectivity index (χ1v) is 10.4. The lowest BCUT2D eigenvalue weighted by Crippen LogP contribution is -2.37. The second-order valence-electron chi connectivity index (χ2n) is 7.36. The summed E-state index contributed by atoms with van der Waals surface area (Å²) >= 11 is 0. The molecule has 1 aliphatic rings. The third-order valence-corrected chi connectivity index (χ3v) is 5.10. The molecule has 0 spiro atoms. The first kappa shape index (κ1) is 23.7. The number of aromatic nitrogens is 2. The number of hydrogen-bond donors (Lipinski definition) is 2. The van der Waals surface area contributed by atoms with E-state index in [1.54, 1.807) is 6.20 Å². The number of rotatable bonds is 9. The van der Waals surface area contributed by atoms with Gasteiger partial charge in [-0.05, 0) is 36.5 Å². The second kappa shape index (κ2) is 13.6. The number of aliphatic imine (C=N–C) groups is 1. The summed E-state index contributed by atoms with van der Waals surface area (Å²) in [7, 11) is 1.81. The minimum Gasteiger partial charge on any atom is -0.378 e. The molecule has 1 heterocycles. The Hall–Kier alpha value is -1.61. The summed E-state index contributed by atoms with van der Waals surface area (Å²) in [6.07, 6.45) is 11.7. The van der Waals surface area contributed by atoms with E-state index in [0.717, 1.165) is 38.6 Å². The zero-order chi connectivity index (χ0) is 19.4. The first-order chi connectivity index (χ1) is 13.8. The summed E-state index contributed by atoms with van der Waals surface area (Å²) in [5, 5.41) is 11.0. The van der Waals surface area contributed by atoms with Crippen molar-refractivity contribution in [2.75, 3.05) is 20.2 Å². The Labute approximate surface area is 191 Å². The molecule has 1 fully saturated rings. The third-order valence-electron chi connectivity index (χ3n) is 5.10. The normalized spacial score (nSPS) is 15.0. The molecular formula is C22H34IN5O. The van der Waals surface area contributed by atoms with Crippen LogP contribution in [0.25, 0.3) is 0 Å². The zero-order valence-corrected chi connectivity index (χ0v) is 19.7. The highest BCUT2D eigenvalue weighted by atomic mass is 127. The van der Waals surface area contributed by atoms with Gasteiger partial charge in [-0.1, -0.05) is 43.5 Å². The van der Waals surface area contributed by atoms with Crippen molar-refractivity contribution in [1.29, 1.82) is 0 Å². The fourth-order valence-corrected chi connectivity index (χ4v) is 3.59. The first-order valence-electron chi connectivity index (χ1n) is 10.4. The number of halogens is 1. The van der Waals surface area contributed by atoms with Gasteiger partial charge in [-0.15, -0.1) is 24.0 Å². The SMILES string of the molecule is CN=C(NCCCOC1CCCCC1)NCc1cccc(Cn2cccn2)c1.I.